The highest BCUT2D eigenvalue weighted by Crippen LogP contribution is 2.22. The molecule has 0 spiro atoms. The fourth-order valence-electron chi connectivity index (χ4n) is 2.16. The van der Waals surface area contributed by atoms with Gasteiger partial charge in [-0.1, -0.05) is 12.1 Å². The molecule has 3 heteroatoms. The third kappa shape index (κ3) is 2.54. The predicted octanol–water partition coefficient (Wildman–Crippen LogP) is 1.71. The minimum atomic E-state index is 0.145. The standard InChI is InChI=1S/C13H20N2O/c1-13(2)9-14-8-12(15-13)10-5-4-6-11(7-10)16-3/h4-7,12,14-15H,8-9H2,1-3H3. The van der Waals surface area contributed by atoms with Crippen LogP contribution in [0.5, 0.6) is 5.75 Å². The molecule has 16 heavy (non-hydrogen) atoms. The zero-order valence-electron chi connectivity index (χ0n) is 10.2. The van der Waals surface area contributed by atoms with E-state index in [0.717, 1.165) is 18.8 Å². The molecule has 2 N–H and O–H groups in total. The van der Waals surface area contributed by atoms with E-state index in [9.17, 15) is 0 Å². The Bertz CT molecular complexity index is 363. The van der Waals surface area contributed by atoms with E-state index >= 15 is 0 Å². The molecule has 0 amide bonds. The van der Waals surface area contributed by atoms with Gasteiger partial charge >= 0.3 is 0 Å². The van der Waals surface area contributed by atoms with E-state index < -0.39 is 0 Å². The zero-order chi connectivity index (χ0) is 11.6. The first-order valence-corrected chi connectivity index (χ1v) is 5.73. The van der Waals surface area contributed by atoms with Crippen molar-refractivity contribution in [2.24, 2.45) is 0 Å². The van der Waals surface area contributed by atoms with Crippen LogP contribution in [0, 0.1) is 0 Å². The van der Waals surface area contributed by atoms with Crippen LogP contribution in [0.2, 0.25) is 0 Å². The van der Waals surface area contributed by atoms with Gasteiger partial charge in [-0.15, -0.1) is 0 Å². The summed E-state index contributed by atoms with van der Waals surface area (Å²) in [6, 6.07) is 8.62. The van der Waals surface area contributed by atoms with Crippen molar-refractivity contribution in [1.82, 2.24) is 10.6 Å². The van der Waals surface area contributed by atoms with Crippen molar-refractivity contribution in [2.45, 2.75) is 25.4 Å². The van der Waals surface area contributed by atoms with E-state index in [2.05, 4.69) is 36.6 Å². The number of piperazine rings is 1. The van der Waals surface area contributed by atoms with E-state index in [1.807, 2.05) is 12.1 Å². The van der Waals surface area contributed by atoms with Crippen LogP contribution in [0.4, 0.5) is 0 Å². The van der Waals surface area contributed by atoms with Crippen LogP contribution in [0.25, 0.3) is 0 Å². The van der Waals surface area contributed by atoms with Gasteiger partial charge in [-0.05, 0) is 31.5 Å². The van der Waals surface area contributed by atoms with Crippen molar-refractivity contribution in [3.63, 3.8) is 0 Å². The quantitative estimate of drug-likeness (QED) is 0.796. The number of methoxy groups -OCH3 is 1. The lowest BCUT2D eigenvalue weighted by Gasteiger charge is -2.38. The van der Waals surface area contributed by atoms with Gasteiger partial charge in [0.25, 0.3) is 0 Å². The average Bonchev–Trinajstić information content (AvgIpc) is 2.28. The number of hydrogen-bond donors (Lipinski definition) is 2. The molecular weight excluding hydrogens is 200 g/mol. The Balaban J connectivity index is 2.16. The van der Waals surface area contributed by atoms with Crippen molar-refractivity contribution in [1.29, 1.82) is 0 Å². The van der Waals surface area contributed by atoms with Gasteiger partial charge in [-0.3, -0.25) is 0 Å². The zero-order valence-corrected chi connectivity index (χ0v) is 10.2. The van der Waals surface area contributed by atoms with E-state index in [-0.39, 0.29) is 5.54 Å². The van der Waals surface area contributed by atoms with Gasteiger partial charge < -0.3 is 15.4 Å². The highest BCUT2D eigenvalue weighted by atomic mass is 16.5. The van der Waals surface area contributed by atoms with Crippen molar-refractivity contribution in [2.75, 3.05) is 20.2 Å². The molecule has 0 saturated carbocycles. The van der Waals surface area contributed by atoms with Gasteiger partial charge in [0.1, 0.15) is 5.75 Å². The van der Waals surface area contributed by atoms with Crippen molar-refractivity contribution in [3.05, 3.63) is 29.8 Å². The largest absolute Gasteiger partial charge is 0.497 e. The van der Waals surface area contributed by atoms with E-state index in [0.29, 0.717) is 6.04 Å². The van der Waals surface area contributed by atoms with Crippen molar-refractivity contribution in [3.8, 4) is 5.75 Å². The monoisotopic (exact) mass is 220 g/mol. The summed E-state index contributed by atoms with van der Waals surface area (Å²) in [6.45, 7) is 6.41. The van der Waals surface area contributed by atoms with Crippen LogP contribution >= 0.6 is 0 Å². The molecule has 2 rings (SSSR count). The molecule has 1 atom stereocenters. The summed E-state index contributed by atoms with van der Waals surface area (Å²) >= 11 is 0. The molecule has 1 unspecified atom stereocenters. The van der Waals surface area contributed by atoms with E-state index in [1.165, 1.54) is 5.56 Å². The molecule has 1 aliphatic rings. The Morgan fingerprint density at radius 2 is 2.19 bits per heavy atom. The second kappa shape index (κ2) is 4.44. The Morgan fingerprint density at radius 3 is 2.88 bits per heavy atom. The highest BCUT2D eigenvalue weighted by molar-refractivity contribution is 5.31. The Morgan fingerprint density at radius 1 is 1.38 bits per heavy atom. The fourth-order valence-corrected chi connectivity index (χ4v) is 2.16. The molecule has 0 bridgehead atoms. The normalized spacial score (nSPS) is 24.1. The fraction of sp³-hybridized carbons (Fsp3) is 0.538. The van der Waals surface area contributed by atoms with E-state index in [1.54, 1.807) is 7.11 Å². The maximum Gasteiger partial charge on any atom is 0.119 e. The number of rotatable bonds is 2. The molecule has 1 saturated heterocycles. The smallest absolute Gasteiger partial charge is 0.119 e. The first-order chi connectivity index (χ1) is 7.61. The Labute approximate surface area is 97.2 Å². The summed E-state index contributed by atoms with van der Waals surface area (Å²) < 4.78 is 5.25. The summed E-state index contributed by atoms with van der Waals surface area (Å²) in [5.74, 6) is 0.919. The topological polar surface area (TPSA) is 33.3 Å². The maximum absolute atomic E-state index is 5.25. The van der Waals surface area contributed by atoms with Gasteiger partial charge in [0, 0.05) is 24.7 Å². The average molecular weight is 220 g/mol. The number of benzene rings is 1. The first kappa shape index (κ1) is 11.4. The Hall–Kier alpha value is -1.06. The molecule has 88 valence electrons. The molecule has 0 radical (unpaired) electrons. The number of nitrogens with one attached hydrogen (secondary N) is 2. The molecule has 0 aliphatic carbocycles. The van der Waals surface area contributed by atoms with Crippen LogP contribution in [-0.2, 0) is 0 Å². The van der Waals surface area contributed by atoms with Crippen LogP contribution in [0.15, 0.2) is 24.3 Å². The lowest BCUT2D eigenvalue weighted by atomic mass is 9.96. The lowest BCUT2D eigenvalue weighted by molar-refractivity contribution is 0.264. The van der Waals surface area contributed by atoms with Gasteiger partial charge in [-0.25, -0.2) is 0 Å². The number of ether oxygens (including phenoxy) is 1. The number of hydrogen-bond acceptors (Lipinski definition) is 3. The molecule has 1 aromatic carbocycles. The molecule has 1 aliphatic heterocycles. The summed E-state index contributed by atoms with van der Waals surface area (Å²) in [4.78, 5) is 0. The predicted molar refractivity (Wildman–Crippen MR) is 65.8 cm³/mol. The van der Waals surface area contributed by atoms with Crippen LogP contribution < -0.4 is 15.4 Å². The van der Waals surface area contributed by atoms with Crippen LogP contribution in [-0.4, -0.2) is 25.7 Å². The first-order valence-electron chi connectivity index (χ1n) is 5.73. The lowest BCUT2D eigenvalue weighted by Crippen LogP contribution is -2.56. The van der Waals surface area contributed by atoms with Gasteiger partial charge in [0.15, 0.2) is 0 Å². The second-order valence-electron chi connectivity index (χ2n) is 4.99. The molecular formula is C13H20N2O. The molecule has 1 aromatic rings. The minimum absolute atomic E-state index is 0.145. The summed E-state index contributed by atoms with van der Waals surface area (Å²) in [5.41, 5.74) is 1.42. The third-order valence-corrected chi connectivity index (χ3v) is 2.98. The SMILES string of the molecule is COc1cccc(C2CNCC(C)(C)N2)c1. The maximum atomic E-state index is 5.25. The van der Waals surface area contributed by atoms with Gasteiger partial charge in [-0.2, -0.15) is 0 Å². The molecule has 1 heterocycles. The second-order valence-corrected chi connectivity index (χ2v) is 4.99. The highest BCUT2D eigenvalue weighted by Gasteiger charge is 2.27. The minimum Gasteiger partial charge on any atom is -0.497 e. The summed E-state index contributed by atoms with van der Waals surface area (Å²) in [5, 5.41) is 7.10. The van der Waals surface area contributed by atoms with Crippen LogP contribution in [0.3, 0.4) is 0 Å². The molecule has 3 nitrogen and oxygen atoms in total. The van der Waals surface area contributed by atoms with Crippen LogP contribution in [0.1, 0.15) is 25.5 Å². The molecule has 0 aromatic heterocycles. The van der Waals surface area contributed by atoms with Crippen molar-refractivity contribution >= 4 is 0 Å². The van der Waals surface area contributed by atoms with Crippen molar-refractivity contribution < 1.29 is 4.74 Å². The summed E-state index contributed by atoms with van der Waals surface area (Å²) in [7, 11) is 1.70. The van der Waals surface area contributed by atoms with Gasteiger partial charge in [0.05, 0.1) is 7.11 Å². The van der Waals surface area contributed by atoms with E-state index in [4.69, 9.17) is 4.74 Å². The van der Waals surface area contributed by atoms with Gasteiger partial charge in [0.2, 0.25) is 0 Å². The summed E-state index contributed by atoms with van der Waals surface area (Å²) in [6.07, 6.45) is 0. The Kier molecular flexibility index (Phi) is 3.17. The third-order valence-electron chi connectivity index (χ3n) is 2.98. The molecule has 1 fully saturated rings.